The molecule has 0 aliphatic rings. The Morgan fingerprint density at radius 2 is 1.19 bits per heavy atom. The van der Waals surface area contributed by atoms with Crippen LogP contribution in [-0.4, -0.2) is 69.2 Å². The normalized spacial score (nSPS) is 12.7. The zero-order valence-electron chi connectivity index (χ0n) is 34.9. The molecule has 0 amide bonds. The minimum absolute atomic E-state index is 0. The van der Waals surface area contributed by atoms with E-state index in [-0.39, 0.29) is 77.9 Å². The molecule has 0 spiro atoms. The quantitative estimate of drug-likeness (QED) is 0.0399. The molecule has 0 fully saturated rings. The Morgan fingerprint density at radius 1 is 0.536 bits per heavy atom. The van der Waals surface area contributed by atoms with Crippen molar-refractivity contribution >= 4 is 108 Å². The minimum atomic E-state index is -4.93. The number of fused-ring (bicyclic) bond motifs is 5. The molecule has 0 unspecified atom stereocenters. The van der Waals surface area contributed by atoms with Gasteiger partial charge in [0.1, 0.15) is 37.9 Å². The molecule has 8 aromatic carbocycles. The van der Waals surface area contributed by atoms with Crippen molar-refractivity contribution in [2.24, 2.45) is 30.7 Å². The summed E-state index contributed by atoms with van der Waals surface area (Å²) in [4.78, 5) is -0.579. The van der Waals surface area contributed by atoms with Crippen LogP contribution in [0.1, 0.15) is 11.1 Å². The summed E-state index contributed by atoms with van der Waals surface area (Å²) in [7, 11) is -14.3. The van der Waals surface area contributed by atoms with Gasteiger partial charge in [-0.25, -0.2) is 0 Å². The first-order chi connectivity index (χ1) is 32.2. The summed E-state index contributed by atoms with van der Waals surface area (Å²) in [5.41, 5.74) is 2.93. The van der Waals surface area contributed by atoms with E-state index in [0.717, 1.165) is 6.07 Å². The second-order valence-electron chi connectivity index (χ2n) is 15.1. The topological polar surface area (TPSA) is 329 Å². The largest absolute Gasteiger partial charge is 0.506 e. The molecule has 0 saturated carbocycles. The number of aliphatic hydroxyl groups excluding tert-OH is 1. The summed E-state index contributed by atoms with van der Waals surface area (Å²) in [6, 6.07) is 29.1. The number of phenolic OH excluding ortho intramolecular Hbond substituents is 2. The fourth-order valence-electron chi connectivity index (χ4n) is 7.30. The molecule has 0 aliphatic carbocycles. The predicted molar refractivity (Wildman–Crippen MR) is 247 cm³/mol. The molecule has 69 heavy (non-hydrogen) atoms. The van der Waals surface area contributed by atoms with Crippen LogP contribution in [0, 0.1) is 6.92 Å². The molecule has 1 radical (unpaired) electrons. The average Bonchev–Trinajstić information content (AvgIpc) is 3.74. The Kier molecular flexibility index (Phi) is 12.7. The van der Waals surface area contributed by atoms with Gasteiger partial charge in [0.25, 0.3) is 30.4 Å². The van der Waals surface area contributed by atoms with Gasteiger partial charge >= 0.3 is 0 Å². The number of phenols is 2. The standard InChI is InChI=1S/C44H31N9O12S3.Cu/c1-23-15-27(8-13-35(23)47-46-28-7-5-24-3-2-4-41(33(24)18-28)67(60,61)62)45-49-38-21-40(55)39(17-26(38)22-54)50-48-37-12-6-25-16-29(9-10-31(25)44(37)56)53-51-36-14-11-32-34(43(36)52-53)19-30(66(57,58)59)20-42(32)68(63,64)65;/h2-21,54-56H,22H2,1H3,(H,57,58,59)(H,60,61,62)(H,63,64,65);. The zero-order valence-corrected chi connectivity index (χ0v) is 38.3. The summed E-state index contributed by atoms with van der Waals surface area (Å²) in [6.07, 6.45) is 0. The monoisotopic (exact) mass is 1040 g/mol. The van der Waals surface area contributed by atoms with Gasteiger partial charge in [-0.2, -0.15) is 50.5 Å². The molecule has 353 valence electrons. The van der Waals surface area contributed by atoms with Crippen molar-refractivity contribution in [1.29, 1.82) is 0 Å². The van der Waals surface area contributed by atoms with Gasteiger partial charge in [0.15, 0.2) is 5.75 Å². The number of benzene rings is 8. The van der Waals surface area contributed by atoms with Crippen LogP contribution in [0.2, 0.25) is 0 Å². The molecule has 9 rings (SSSR count). The first-order valence-corrected chi connectivity index (χ1v) is 23.9. The number of hydrogen-bond donors (Lipinski definition) is 6. The van der Waals surface area contributed by atoms with E-state index in [1.165, 1.54) is 53.3 Å². The number of aromatic nitrogens is 3. The van der Waals surface area contributed by atoms with Gasteiger partial charge in [0, 0.05) is 50.2 Å². The molecule has 21 nitrogen and oxygen atoms in total. The summed E-state index contributed by atoms with van der Waals surface area (Å²) in [6.45, 7) is 1.26. The van der Waals surface area contributed by atoms with Crippen molar-refractivity contribution in [2.75, 3.05) is 0 Å². The molecule has 1 heterocycles. The van der Waals surface area contributed by atoms with Crippen molar-refractivity contribution in [3.05, 3.63) is 132 Å². The van der Waals surface area contributed by atoms with E-state index >= 15 is 0 Å². The van der Waals surface area contributed by atoms with Gasteiger partial charge in [-0.15, -0.1) is 20.4 Å². The van der Waals surface area contributed by atoms with Gasteiger partial charge < -0.3 is 15.3 Å². The van der Waals surface area contributed by atoms with Crippen molar-refractivity contribution < 1.29 is 71.3 Å². The van der Waals surface area contributed by atoms with Crippen LogP contribution in [0.25, 0.3) is 49.0 Å². The van der Waals surface area contributed by atoms with Crippen molar-refractivity contribution in [1.82, 2.24) is 15.0 Å². The summed E-state index contributed by atoms with van der Waals surface area (Å²) < 4.78 is 101. The predicted octanol–water partition coefficient (Wildman–Crippen LogP) is 10.1. The maximum absolute atomic E-state index is 12.2. The van der Waals surface area contributed by atoms with Crippen molar-refractivity contribution in [3.63, 3.8) is 0 Å². The van der Waals surface area contributed by atoms with E-state index < -0.39 is 46.8 Å². The molecule has 0 saturated heterocycles. The van der Waals surface area contributed by atoms with Crippen LogP contribution in [-0.2, 0) is 54.0 Å². The van der Waals surface area contributed by atoms with Crippen LogP contribution in [0.5, 0.6) is 11.5 Å². The van der Waals surface area contributed by atoms with Crippen LogP contribution in [0.3, 0.4) is 0 Å². The zero-order chi connectivity index (χ0) is 48.3. The van der Waals surface area contributed by atoms with E-state index in [0.29, 0.717) is 55.9 Å². The maximum Gasteiger partial charge on any atom is 0.295 e. The number of nitrogens with zero attached hydrogens (tertiary/aromatic N) is 9. The van der Waals surface area contributed by atoms with Crippen molar-refractivity contribution in [2.45, 2.75) is 28.2 Å². The third-order valence-electron chi connectivity index (χ3n) is 10.6. The Bertz CT molecular complexity index is 4060. The fourth-order valence-corrected chi connectivity index (χ4v) is 9.34. The molecule has 0 bridgehead atoms. The molecule has 0 atom stereocenters. The van der Waals surface area contributed by atoms with E-state index in [9.17, 15) is 54.2 Å². The van der Waals surface area contributed by atoms with Crippen LogP contribution >= 0.6 is 0 Å². The second kappa shape index (κ2) is 18.2. The van der Waals surface area contributed by atoms with Gasteiger partial charge in [-0.05, 0) is 108 Å². The third-order valence-corrected chi connectivity index (χ3v) is 13.3. The molecule has 9 aromatic rings. The third kappa shape index (κ3) is 9.66. The first-order valence-electron chi connectivity index (χ1n) is 19.6. The van der Waals surface area contributed by atoms with Gasteiger partial charge in [0.2, 0.25) is 0 Å². The van der Waals surface area contributed by atoms with Crippen molar-refractivity contribution in [3.8, 4) is 17.2 Å². The van der Waals surface area contributed by atoms with Crippen LogP contribution in [0.4, 0.5) is 34.1 Å². The van der Waals surface area contributed by atoms with Gasteiger partial charge in [-0.3, -0.25) is 13.7 Å². The van der Waals surface area contributed by atoms with Crippen LogP contribution < -0.4 is 0 Å². The first kappa shape index (κ1) is 48.0. The summed E-state index contributed by atoms with van der Waals surface area (Å²) in [5.74, 6) is -0.625. The van der Waals surface area contributed by atoms with Crippen LogP contribution in [0.15, 0.2) is 167 Å². The maximum atomic E-state index is 12.2. The van der Waals surface area contributed by atoms with E-state index in [1.54, 1.807) is 67.6 Å². The smallest absolute Gasteiger partial charge is 0.295 e. The molecular weight excluding hydrogens is 1010 g/mol. The molecule has 0 aliphatic heterocycles. The Hall–Kier alpha value is -7.45. The Balaban J connectivity index is 0.00000642. The Morgan fingerprint density at radius 3 is 1.90 bits per heavy atom. The summed E-state index contributed by atoms with van der Waals surface area (Å²) in [5, 5.41) is 67.9. The fraction of sp³-hybridized carbons (Fsp3) is 0.0455. The second-order valence-corrected chi connectivity index (χ2v) is 19.3. The SMILES string of the molecule is Cc1cc(N=Nc2cc(O)c(N=Nc3ccc4cc(-n5nc6ccc7c(S(=O)(=O)O)cc(S(=O)(=O)O)cc7c6n5)ccc4c3O)cc2CO)ccc1N=Nc1ccc2cccc(S(=O)(=O)O)c2c1.[Cu]. The number of rotatable bonds is 11. The average molecular weight is 1040 g/mol. The van der Waals surface area contributed by atoms with Gasteiger partial charge in [-0.1, -0.05) is 30.3 Å². The molecule has 1 aromatic heterocycles. The van der Waals surface area contributed by atoms with E-state index in [2.05, 4.69) is 40.9 Å². The number of aliphatic hydroxyl groups is 1. The summed E-state index contributed by atoms with van der Waals surface area (Å²) >= 11 is 0. The van der Waals surface area contributed by atoms with Gasteiger partial charge in [0.05, 0.1) is 39.9 Å². The number of azo groups is 3. The molecular formula is C44H31CuN9O12S3. The van der Waals surface area contributed by atoms with E-state index in [1.807, 2.05) is 0 Å². The number of aromatic hydroxyl groups is 2. The minimum Gasteiger partial charge on any atom is -0.506 e. The number of hydrogen-bond acceptors (Lipinski definition) is 17. The Labute approximate surface area is 400 Å². The molecule has 6 N–H and O–H groups in total. The number of aryl methyl sites for hydroxylation is 1. The molecule has 25 heteroatoms. The van der Waals surface area contributed by atoms with E-state index in [4.69, 9.17) is 0 Å².